The Morgan fingerprint density at radius 3 is 2.70 bits per heavy atom. The van der Waals surface area contributed by atoms with Gasteiger partial charge in [0.1, 0.15) is 12.0 Å². The van der Waals surface area contributed by atoms with Gasteiger partial charge in [-0.1, -0.05) is 0 Å². The number of fused-ring (bicyclic) bond motifs is 1. The fourth-order valence-corrected chi connectivity index (χ4v) is 1.98. The molecule has 0 bridgehead atoms. The van der Waals surface area contributed by atoms with Gasteiger partial charge < -0.3 is 15.4 Å². The molecule has 4 unspecified atom stereocenters. The highest BCUT2D eigenvalue weighted by Gasteiger charge is 2.63. The molecule has 0 aromatic rings. The van der Waals surface area contributed by atoms with E-state index in [4.69, 9.17) is 5.11 Å². The van der Waals surface area contributed by atoms with Gasteiger partial charge in [0.2, 0.25) is 0 Å². The molecule has 1 saturated carbocycles. The lowest BCUT2D eigenvalue weighted by Crippen LogP contribution is -3.07. The zero-order chi connectivity index (χ0) is 7.30. The summed E-state index contributed by atoms with van der Waals surface area (Å²) in [6.07, 6.45) is 0.806. The van der Waals surface area contributed by atoms with Crippen molar-refractivity contribution in [2.75, 3.05) is 6.54 Å². The lowest BCUT2D eigenvalue weighted by atomic mass is 10.2. The number of rotatable bonds is 1. The minimum Gasteiger partial charge on any atom is -0.634 e. The third-order valence-electron chi connectivity index (χ3n) is 2.55. The Bertz CT molecular complexity index is 182. The summed E-state index contributed by atoms with van der Waals surface area (Å²) in [5.74, 6) is -0.908. The van der Waals surface area contributed by atoms with Crippen molar-refractivity contribution in [2.24, 2.45) is 11.8 Å². The molecule has 4 atom stereocenters. The third-order valence-corrected chi connectivity index (χ3v) is 2.55. The maximum absolute atomic E-state index is 10.9. The van der Waals surface area contributed by atoms with Crippen molar-refractivity contribution in [3.63, 3.8) is 0 Å². The fraction of sp³-hybridized carbons (Fsp3) is 0.833. The van der Waals surface area contributed by atoms with Crippen LogP contribution in [0.2, 0.25) is 0 Å². The van der Waals surface area contributed by atoms with Gasteiger partial charge in [-0.05, 0) is 0 Å². The number of nitrogens with one attached hydrogen (secondary N) is 1. The molecule has 0 aromatic heterocycles. The molecule has 0 amide bonds. The first kappa shape index (κ1) is 6.12. The summed E-state index contributed by atoms with van der Waals surface area (Å²) in [4.78, 5) is 10.4. The number of carbonyl (C=O) groups is 1. The van der Waals surface area contributed by atoms with Crippen molar-refractivity contribution in [1.82, 2.24) is 0 Å². The molecule has 0 spiro atoms. The number of aliphatic carboxylic acids is 1. The predicted octanol–water partition coefficient (Wildman–Crippen LogP) is -1.53. The standard InChI is InChI=1S/C6H9NO3/c8-6(9)4-3-1-2-7(10)5(3)4/h3-5,7H,1-2H2,(H,8,9). The highest BCUT2D eigenvalue weighted by atomic mass is 16.5. The molecular formula is C6H9NO3. The first-order valence-electron chi connectivity index (χ1n) is 3.47. The number of carboxylic acids is 1. The van der Waals surface area contributed by atoms with Crippen LogP contribution in [0.3, 0.4) is 0 Å². The Morgan fingerprint density at radius 1 is 1.70 bits per heavy atom. The molecule has 1 aliphatic carbocycles. The Balaban J connectivity index is 2.05. The van der Waals surface area contributed by atoms with Crippen molar-refractivity contribution in [1.29, 1.82) is 0 Å². The zero-order valence-corrected chi connectivity index (χ0v) is 5.41. The number of quaternary nitrogens is 1. The van der Waals surface area contributed by atoms with Crippen molar-refractivity contribution in [2.45, 2.75) is 12.5 Å². The van der Waals surface area contributed by atoms with Crippen LogP contribution in [0.1, 0.15) is 6.42 Å². The van der Waals surface area contributed by atoms with Crippen LogP contribution < -0.4 is 5.06 Å². The van der Waals surface area contributed by atoms with E-state index in [1.54, 1.807) is 0 Å². The third kappa shape index (κ3) is 0.602. The highest BCUT2D eigenvalue weighted by molar-refractivity contribution is 5.75. The first-order valence-corrected chi connectivity index (χ1v) is 3.47. The Labute approximate surface area is 58.0 Å². The second-order valence-electron chi connectivity index (χ2n) is 3.06. The van der Waals surface area contributed by atoms with Crippen LogP contribution >= 0.6 is 0 Å². The molecular weight excluding hydrogens is 134 g/mol. The fourth-order valence-electron chi connectivity index (χ4n) is 1.98. The van der Waals surface area contributed by atoms with Crippen LogP contribution in [0, 0.1) is 17.0 Å². The van der Waals surface area contributed by atoms with Crippen LogP contribution in [0.25, 0.3) is 0 Å². The van der Waals surface area contributed by atoms with Crippen molar-refractivity contribution < 1.29 is 15.0 Å². The van der Waals surface area contributed by atoms with Gasteiger partial charge in [0.05, 0.1) is 6.54 Å². The highest BCUT2D eigenvalue weighted by Crippen LogP contribution is 2.42. The Morgan fingerprint density at radius 2 is 2.40 bits per heavy atom. The predicted molar refractivity (Wildman–Crippen MR) is 32.2 cm³/mol. The first-order chi connectivity index (χ1) is 4.72. The lowest BCUT2D eigenvalue weighted by Gasteiger charge is -2.17. The molecule has 56 valence electrons. The quantitative estimate of drug-likeness (QED) is 0.438. The molecule has 2 fully saturated rings. The van der Waals surface area contributed by atoms with Crippen LogP contribution in [0.4, 0.5) is 0 Å². The molecule has 4 nitrogen and oxygen atoms in total. The molecule has 1 heterocycles. The average molecular weight is 143 g/mol. The minimum absolute atomic E-state index is 0.0995. The van der Waals surface area contributed by atoms with Gasteiger partial charge in [0.25, 0.3) is 0 Å². The maximum Gasteiger partial charge on any atom is 0.313 e. The van der Waals surface area contributed by atoms with E-state index < -0.39 is 5.97 Å². The van der Waals surface area contributed by atoms with E-state index >= 15 is 0 Å². The van der Waals surface area contributed by atoms with E-state index in [1.807, 2.05) is 0 Å². The van der Waals surface area contributed by atoms with Crippen molar-refractivity contribution in [3.8, 4) is 0 Å². The van der Waals surface area contributed by atoms with Crippen LogP contribution in [-0.2, 0) is 4.79 Å². The summed E-state index contributed by atoms with van der Waals surface area (Å²) in [5, 5.41) is 19.6. The SMILES string of the molecule is O=C(O)C1C2CC[NH+]([O-])C21. The van der Waals surface area contributed by atoms with E-state index in [0.29, 0.717) is 6.54 Å². The summed E-state index contributed by atoms with van der Waals surface area (Å²) in [6.45, 7) is 0.610. The second-order valence-corrected chi connectivity index (χ2v) is 3.06. The summed E-state index contributed by atoms with van der Waals surface area (Å²) in [5.41, 5.74) is 0. The van der Waals surface area contributed by atoms with Gasteiger partial charge in [-0.15, -0.1) is 0 Å². The van der Waals surface area contributed by atoms with Gasteiger partial charge >= 0.3 is 5.97 Å². The maximum atomic E-state index is 10.9. The summed E-state index contributed by atoms with van der Waals surface area (Å²) in [6, 6.07) is -0.0995. The van der Waals surface area contributed by atoms with E-state index in [2.05, 4.69) is 0 Å². The second kappa shape index (κ2) is 1.71. The normalized spacial score (nSPS) is 50.5. The van der Waals surface area contributed by atoms with Gasteiger partial charge in [-0.3, -0.25) is 4.79 Å². The summed E-state index contributed by atoms with van der Waals surface area (Å²) < 4.78 is 0. The number of piperidine rings is 1. The summed E-state index contributed by atoms with van der Waals surface area (Å²) >= 11 is 0. The molecule has 2 rings (SSSR count). The minimum atomic E-state index is -0.789. The molecule has 2 aliphatic rings. The van der Waals surface area contributed by atoms with Crippen LogP contribution in [0.15, 0.2) is 0 Å². The average Bonchev–Trinajstić information content (AvgIpc) is 2.48. The number of hydrogen-bond acceptors (Lipinski definition) is 2. The summed E-state index contributed by atoms with van der Waals surface area (Å²) in [7, 11) is 0. The molecule has 1 aliphatic heterocycles. The van der Waals surface area contributed by atoms with Crippen LogP contribution in [-0.4, -0.2) is 23.7 Å². The monoisotopic (exact) mass is 143 g/mol. The molecule has 10 heavy (non-hydrogen) atoms. The van der Waals surface area contributed by atoms with E-state index in [-0.39, 0.29) is 22.9 Å². The number of carboxylic acid groups (broad SMARTS) is 1. The Hall–Kier alpha value is -0.610. The molecule has 4 heteroatoms. The zero-order valence-electron chi connectivity index (χ0n) is 5.41. The van der Waals surface area contributed by atoms with Crippen LogP contribution in [0.5, 0.6) is 0 Å². The molecule has 0 radical (unpaired) electrons. The topological polar surface area (TPSA) is 64.8 Å². The smallest absolute Gasteiger partial charge is 0.313 e. The number of hydrogen-bond donors (Lipinski definition) is 2. The molecule has 1 saturated heterocycles. The van der Waals surface area contributed by atoms with Gasteiger partial charge in [-0.2, -0.15) is 0 Å². The largest absolute Gasteiger partial charge is 0.634 e. The molecule has 0 aromatic carbocycles. The Kier molecular flexibility index (Phi) is 1.04. The van der Waals surface area contributed by atoms with Gasteiger partial charge in [0, 0.05) is 12.3 Å². The van der Waals surface area contributed by atoms with E-state index in [9.17, 15) is 10.0 Å². The van der Waals surface area contributed by atoms with E-state index in [0.717, 1.165) is 6.42 Å². The molecule has 2 N–H and O–H groups in total. The van der Waals surface area contributed by atoms with Gasteiger partial charge in [-0.25, -0.2) is 0 Å². The van der Waals surface area contributed by atoms with Crippen molar-refractivity contribution >= 4 is 5.97 Å². The van der Waals surface area contributed by atoms with E-state index in [1.165, 1.54) is 0 Å². The lowest BCUT2D eigenvalue weighted by molar-refractivity contribution is -0.851. The van der Waals surface area contributed by atoms with Crippen molar-refractivity contribution in [3.05, 3.63) is 5.21 Å². The van der Waals surface area contributed by atoms with Gasteiger partial charge in [0.15, 0.2) is 0 Å². The number of hydroxylamine groups is 2.